The van der Waals surface area contributed by atoms with Crippen molar-refractivity contribution in [1.82, 2.24) is 9.44 Å². The number of Topliss-reactive ketones (excluding diaryl/α,β-unsaturated/α-hetero) is 1. The van der Waals surface area contributed by atoms with Crippen molar-refractivity contribution >= 4 is 16.0 Å². The zero-order chi connectivity index (χ0) is 9.19. The molecule has 12 heavy (non-hydrogen) atoms. The van der Waals surface area contributed by atoms with E-state index in [2.05, 4.69) is 9.44 Å². The van der Waals surface area contributed by atoms with Crippen LogP contribution in [0, 0.1) is 0 Å². The first kappa shape index (κ1) is 9.63. The van der Waals surface area contributed by atoms with Gasteiger partial charge in [0.2, 0.25) is 0 Å². The molecule has 70 valence electrons. The highest BCUT2D eigenvalue weighted by Crippen LogP contribution is 2.19. The summed E-state index contributed by atoms with van der Waals surface area (Å²) in [6.45, 7) is 1.20. The number of hydrogen-bond donors (Lipinski definition) is 2. The quantitative estimate of drug-likeness (QED) is 0.596. The van der Waals surface area contributed by atoms with Crippen molar-refractivity contribution in [2.24, 2.45) is 0 Å². The third-order valence-electron chi connectivity index (χ3n) is 1.41. The molecule has 1 saturated carbocycles. The van der Waals surface area contributed by atoms with Gasteiger partial charge in [-0.3, -0.25) is 4.79 Å². The van der Waals surface area contributed by atoms with Crippen molar-refractivity contribution in [2.75, 3.05) is 6.54 Å². The van der Waals surface area contributed by atoms with E-state index in [1.165, 1.54) is 6.92 Å². The van der Waals surface area contributed by atoms with Gasteiger partial charge in [-0.1, -0.05) is 0 Å². The zero-order valence-corrected chi connectivity index (χ0v) is 7.65. The lowest BCUT2D eigenvalue weighted by Gasteiger charge is -2.04. The van der Waals surface area contributed by atoms with Crippen molar-refractivity contribution in [3.8, 4) is 0 Å². The summed E-state index contributed by atoms with van der Waals surface area (Å²) in [6, 6.07) is 0.0782. The molecule has 1 rings (SSSR count). The lowest BCUT2D eigenvalue weighted by atomic mass is 10.5. The van der Waals surface area contributed by atoms with Crippen LogP contribution in [0.5, 0.6) is 0 Å². The second-order valence-electron chi connectivity index (χ2n) is 2.92. The maximum Gasteiger partial charge on any atom is 0.277 e. The monoisotopic (exact) mass is 192 g/mol. The molecule has 0 aromatic rings. The highest BCUT2D eigenvalue weighted by atomic mass is 32.2. The molecule has 5 nitrogen and oxygen atoms in total. The summed E-state index contributed by atoms with van der Waals surface area (Å²) in [4.78, 5) is 10.4. The maximum absolute atomic E-state index is 11.0. The summed E-state index contributed by atoms with van der Waals surface area (Å²) in [7, 11) is -3.43. The highest BCUT2D eigenvalue weighted by molar-refractivity contribution is 7.87. The molecule has 0 aromatic carbocycles. The Morgan fingerprint density at radius 3 is 2.50 bits per heavy atom. The molecule has 0 unspecified atom stereocenters. The number of carbonyl (C=O) groups excluding carboxylic acids is 1. The van der Waals surface area contributed by atoms with Crippen LogP contribution in [-0.2, 0) is 15.0 Å². The molecule has 0 radical (unpaired) electrons. The summed E-state index contributed by atoms with van der Waals surface area (Å²) in [5.41, 5.74) is 0. The van der Waals surface area contributed by atoms with Crippen LogP contribution >= 0.6 is 0 Å². The minimum absolute atomic E-state index is 0.0782. The SMILES string of the molecule is CC(=O)CNS(=O)(=O)NC1CC1. The van der Waals surface area contributed by atoms with E-state index in [1.54, 1.807) is 0 Å². The van der Waals surface area contributed by atoms with Gasteiger partial charge in [-0.05, 0) is 19.8 Å². The molecule has 1 aliphatic rings. The van der Waals surface area contributed by atoms with E-state index in [0.29, 0.717) is 0 Å². The van der Waals surface area contributed by atoms with E-state index >= 15 is 0 Å². The average Bonchev–Trinajstić information content (AvgIpc) is 2.67. The van der Waals surface area contributed by atoms with Gasteiger partial charge in [-0.15, -0.1) is 0 Å². The molecule has 0 atom stereocenters. The molecule has 0 spiro atoms. The molecule has 0 heterocycles. The lowest BCUT2D eigenvalue weighted by Crippen LogP contribution is -2.39. The number of carbonyl (C=O) groups is 1. The normalized spacial score (nSPS) is 17.8. The van der Waals surface area contributed by atoms with E-state index in [0.717, 1.165) is 12.8 Å². The zero-order valence-electron chi connectivity index (χ0n) is 6.83. The topological polar surface area (TPSA) is 75.3 Å². The Morgan fingerprint density at radius 2 is 2.08 bits per heavy atom. The van der Waals surface area contributed by atoms with Crippen LogP contribution in [-0.4, -0.2) is 26.8 Å². The van der Waals surface area contributed by atoms with Crippen LogP contribution in [0.25, 0.3) is 0 Å². The van der Waals surface area contributed by atoms with Gasteiger partial charge in [0.25, 0.3) is 10.2 Å². The molecular formula is C6H12N2O3S. The summed E-state index contributed by atoms with van der Waals surface area (Å²) >= 11 is 0. The van der Waals surface area contributed by atoms with Gasteiger partial charge < -0.3 is 0 Å². The Kier molecular flexibility index (Phi) is 2.81. The van der Waals surface area contributed by atoms with Crippen LogP contribution in [0.1, 0.15) is 19.8 Å². The largest absolute Gasteiger partial charge is 0.299 e. The molecule has 0 aliphatic heterocycles. The van der Waals surface area contributed by atoms with Crippen molar-refractivity contribution in [2.45, 2.75) is 25.8 Å². The van der Waals surface area contributed by atoms with Crippen molar-refractivity contribution in [3.05, 3.63) is 0 Å². The van der Waals surface area contributed by atoms with Gasteiger partial charge in [0.05, 0.1) is 6.54 Å². The Balaban J connectivity index is 2.31. The van der Waals surface area contributed by atoms with Crippen LogP contribution in [0.4, 0.5) is 0 Å². The third-order valence-corrected chi connectivity index (χ3v) is 2.58. The number of ketones is 1. The maximum atomic E-state index is 11.0. The second-order valence-corrected chi connectivity index (χ2v) is 4.45. The molecule has 1 fully saturated rings. The molecule has 2 N–H and O–H groups in total. The van der Waals surface area contributed by atoms with Gasteiger partial charge >= 0.3 is 0 Å². The molecule has 0 amide bonds. The third kappa shape index (κ3) is 3.80. The highest BCUT2D eigenvalue weighted by Gasteiger charge is 2.26. The first-order valence-electron chi connectivity index (χ1n) is 3.76. The van der Waals surface area contributed by atoms with Crippen LogP contribution < -0.4 is 9.44 Å². The minimum Gasteiger partial charge on any atom is -0.299 e. The van der Waals surface area contributed by atoms with Crippen molar-refractivity contribution in [3.63, 3.8) is 0 Å². The van der Waals surface area contributed by atoms with Crippen LogP contribution in [0.15, 0.2) is 0 Å². The van der Waals surface area contributed by atoms with Crippen LogP contribution in [0.2, 0.25) is 0 Å². The van der Waals surface area contributed by atoms with E-state index < -0.39 is 10.2 Å². The fourth-order valence-electron chi connectivity index (χ4n) is 0.659. The molecule has 0 aromatic heterocycles. The molecular weight excluding hydrogens is 180 g/mol. The van der Waals surface area contributed by atoms with Gasteiger partial charge in [-0.2, -0.15) is 17.9 Å². The Labute approximate surface area is 71.7 Å². The summed E-state index contributed by atoms with van der Waals surface area (Å²) in [5, 5.41) is 0. The smallest absolute Gasteiger partial charge is 0.277 e. The lowest BCUT2D eigenvalue weighted by molar-refractivity contribution is -0.115. The molecule has 6 heteroatoms. The first-order valence-corrected chi connectivity index (χ1v) is 5.24. The fraction of sp³-hybridized carbons (Fsp3) is 0.833. The van der Waals surface area contributed by atoms with E-state index in [1.807, 2.05) is 0 Å². The molecule has 0 bridgehead atoms. The standard InChI is InChI=1S/C6H12N2O3S/c1-5(9)4-7-12(10,11)8-6-2-3-6/h6-8H,2-4H2,1H3. The average molecular weight is 192 g/mol. The fourth-order valence-corrected chi connectivity index (χ4v) is 1.81. The van der Waals surface area contributed by atoms with Crippen molar-refractivity contribution < 1.29 is 13.2 Å². The molecule has 1 aliphatic carbocycles. The van der Waals surface area contributed by atoms with E-state index in [-0.39, 0.29) is 18.4 Å². The molecule has 0 saturated heterocycles. The summed E-state index contributed by atoms with van der Waals surface area (Å²) in [5.74, 6) is -0.198. The number of hydrogen-bond acceptors (Lipinski definition) is 3. The Morgan fingerprint density at radius 1 is 1.50 bits per heavy atom. The summed E-state index contributed by atoms with van der Waals surface area (Å²) < 4.78 is 26.6. The predicted molar refractivity (Wildman–Crippen MR) is 43.8 cm³/mol. The van der Waals surface area contributed by atoms with Gasteiger partial charge in [-0.25, -0.2) is 0 Å². The number of nitrogens with one attached hydrogen (secondary N) is 2. The number of rotatable bonds is 5. The minimum atomic E-state index is -3.43. The second kappa shape index (κ2) is 3.51. The first-order chi connectivity index (χ1) is 5.49. The van der Waals surface area contributed by atoms with Crippen LogP contribution in [0.3, 0.4) is 0 Å². The van der Waals surface area contributed by atoms with E-state index in [9.17, 15) is 13.2 Å². The predicted octanol–water partition coefficient (Wildman–Crippen LogP) is -0.838. The summed E-state index contributed by atoms with van der Waals surface area (Å²) in [6.07, 6.45) is 1.78. The van der Waals surface area contributed by atoms with Gasteiger partial charge in [0.15, 0.2) is 0 Å². The Hall–Kier alpha value is -0.460. The van der Waals surface area contributed by atoms with Crippen molar-refractivity contribution in [1.29, 1.82) is 0 Å². The van der Waals surface area contributed by atoms with Gasteiger partial charge in [0, 0.05) is 6.04 Å². The van der Waals surface area contributed by atoms with E-state index in [4.69, 9.17) is 0 Å². The van der Waals surface area contributed by atoms with Gasteiger partial charge in [0.1, 0.15) is 5.78 Å². The Bertz CT molecular complexity index is 269.